The number of para-hydroxylation sites is 1. The van der Waals surface area contributed by atoms with Gasteiger partial charge in [0.15, 0.2) is 0 Å². The Morgan fingerprint density at radius 3 is 2.72 bits per heavy atom. The van der Waals surface area contributed by atoms with Crippen LogP contribution in [0, 0.1) is 0 Å². The average molecular weight is 246 g/mol. The first-order valence-electron chi connectivity index (χ1n) is 7.33. The summed E-state index contributed by atoms with van der Waals surface area (Å²) in [4.78, 5) is 2.40. The van der Waals surface area contributed by atoms with Crippen LogP contribution in [-0.4, -0.2) is 19.6 Å². The Labute approximate surface area is 111 Å². The average Bonchev–Trinajstić information content (AvgIpc) is 3.21. The molecular formula is C16H26N2. The molecule has 1 N–H and O–H groups in total. The maximum Gasteiger partial charge on any atom is 0.0409 e. The van der Waals surface area contributed by atoms with Gasteiger partial charge < -0.3 is 10.2 Å². The summed E-state index contributed by atoms with van der Waals surface area (Å²) < 4.78 is 0. The zero-order chi connectivity index (χ0) is 12.8. The number of hydrogen-bond donors (Lipinski definition) is 1. The molecule has 1 saturated carbocycles. The summed E-state index contributed by atoms with van der Waals surface area (Å²) in [7, 11) is 2.21. The fourth-order valence-corrected chi connectivity index (χ4v) is 2.29. The molecule has 0 unspecified atom stereocenters. The lowest BCUT2D eigenvalue weighted by molar-refractivity contribution is 0.678. The third-order valence-corrected chi connectivity index (χ3v) is 3.66. The largest absolute Gasteiger partial charge is 0.374 e. The molecule has 100 valence electrons. The summed E-state index contributed by atoms with van der Waals surface area (Å²) in [6.45, 7) is 4.43. The summed E-state index contributed by atoms with van der Waals surface area (Å²) in [5.74, 6) is 0. The van der Waals surface area contributed by atoms with Crippen molar-refractivity contribution in [1.82, 2.24) is 5.32 Å². The second-order valence-electron chi connectivity index (χ2n) is 5.41. The van der Waals surface area contributed by atoms with Crippen molar-refractivity contribution in [3.05, 3.63) is 29.8 Å². The molecule has 1 aromatic rings. The van der Waals surface area contributed by atoms with Crippen LogP contribution >= 0.6 is 0 Å². The minimum absolute atomic E-state index is 0.781. The molecule has 18 heavy (non-hydrogen) atoms. The minimum Gasteiger partial charge on any atom is -0.374 e. The van der Waals surface area contributed by atoms with Crippen LogP contribution in [0.15, 0.2) is 24.3 Å². The molecule has 0 spiro atoms. The Hall–Kier alpha value is -1.02. The van der Waals surface area contributed by atoms with Crippen molar-refractivity contribution < 1.29 is 0 Å². The predicted molar refractivity (Wildman–Crippen MR) is 79.1 cm³/mol. The van der Waals surface area contributed by atoms with Crippen molar-refractivity contribution in [2.75, 3.05) is 18.5 Å². The smallest absolute Gasteiger partial charge is 0.0409 e. The van der Waals surface area contributed by atoms with Gasteiger partial charge in [-0.3, -0.25) is 0 Å². The Bertz CT molecular complexity index is 358. The first kappa shape index (κ1) is 13.4. The SMILES string of the molecule is CCCCCN(C)c1ccccc1CNC1CC1. The van der Waals surface area contributed by atoms with Crippen LogP contribution in [0.4, 0.5) is 5.69 Å². The van der Waals surface area contributed by atoms with Gasteiger partial charge >= 0.3 is 0 Å². The number of nitrogens with zero attached hydrogens (tertiary/aromatic N) is 1. The highest BCUT2D eigenvalue weighted by molar-refractivity contribution is 5.53. The van der Waals surface area contributed by atoms with E-state index in [-0.39, 0.29) is 0 Å². The number of unbranched alkanes of at least 4 members (excludes halogenated alkanes) is 2. The molecule has 1 aliphatic rings. The van der Waals surface area contributed by atoms with Gasteiger partial charge in [0, 0.05) is 31.9 Å². The Morgan fingerprint density at radius 1 is 1.22 bits per heavy atom. The second kappa shape index (κ2) is 6.79. The van der Waals surface area contributed by atoms with E-state index in [2.05, 4.69) is 48.5 Å². The molecule has 0 aromatic heterocycles. The normalized spacial score (nSPS) is 14.8. The van der Waals surface area contributed by atoms with Crippen molar-refractivity contribution in [2.45, 2.75) is 51.6 Å². The molecule has 0 bridgehead atoms. The van der Waals surface area contributed by atoms with Crippen LogP contribution in [0.3, 0.4) is 0 Å². The lowest BCUT2D eigenvalue weighted by atomic mass is 10.1. The topological polar surface area (TPSA) is 15.3 Å². The zero-order valence-electron chi connectivity index (χ0n) is 11.8. The number of nitrogens with one attached hydrogen (secondary N) is 1. The van der Waals surface area contributed by atoms with E-state index in [1.165, 1.54) is 43.4 Å². The van der Waals surface area contributed by atoms with Crippen LogP contribution < -0.4 is 10.2 Å². The Morgan fingerprint density at radius 2 is 2.00 bits per heavy atom. The van der Waals surface area contributed by atoms with E-state index in [0.717, 1.165) is 19.1 Å². The van der Waals surface area contributed by atoms with Gasteiger partial charge in [-0.15, -0.1) is 0 Å². The van der Waals surface area contributed by atoms with Gasteiger partial charge in [0.05, 0.1) is 0 Å². The fourth-order valence-electron chi connectivity index (χ4n) is 2.29. The minimum atomic E-state index is 0.781. The number of hydrogen-bond acceptors (Lipinski definition) is 2. The number of anilines is 1. The van der Waals surface area contributed by atoms with E-state index in [9.17, 15) is 0 Å². The van der Waals surface area contributed by atoms with E-state index in [0.29, 0.717) is 0 Å². The fraction of sp³-hybridized carbons (Fsp3) is 0.625. The van der Waals surface area contributed by atoms with Gasteiger partial charge in [-0.25, -0.2) is 0 Å². The summed E-state index contributed by atoms with van der Waals surface area (Å²) in [5, 5.41) is 3.61. The molecule has 1 fully saturated rings. The quantitative estimate of drug-likeness (QED) is 0.706. The van der Waals surface area contributed by atoms with E-state index >= 15 is 0 Å². The van der Waals surface area contributed by atoms with Crippen LogP contribution in [0.5, 0.6) is 0 Å². The van der Waals surface area contributed by atoms with E-state index in [1.54, 1.807) is 0 Å². The molecule has 2 rings (SSSR count). The van der Waals surface area contributed by atoms with Crippen molar-refractivity contribution >= 4 is 5.69 Å². The molecular weight excluding hydrogens is 220 g/mol. The maximum atomic E-state index is 3.61. The van der Waals surface area contributed by atoms with Gasteiger partial charge in [0.2, 0.25) is 0 Å². The second-order valence-corrected chi connectivity index (χ2v) is 5.41. The third kappa shape index (κ3) is 4.02. The summed E-state index contributed by atoms with van der Waals surface area (Å²) >= 11 is 0. The molecule has 2 heteroatoms. The Kier molecular flexibility index (Phi) is 5.06. The maximum absolute atomic E-state index is 3.61. The van der Waals surface area contributed by atoms with Crippen LogP contribution in [0.1, 0.15) is 44.6 Å². The van der Waals surface area contributed by atoms with Gasteiger partial charge in [-0.2, -0.15) is 0 Å². The highest BCUT2D eigenvalue weighted by Gasteiger charge is 2.20. The van der Waals surface area contributed by atoms with Crippen LogP contribution in [0.2, 0.25) is 0 Å². The van der Waals surface area contributed by atoms with Crippen molar-refractivity contribution in [1.29, 1.82) is 0 Å². The van der Waals surface area contributed by atoms with Gasteiger partial charge in [-0.1, -0.05) is 38.0 Å². The lowest BCUT2D eigenvalue weighted by Crippen LogP contribution is -2.22. The first-order valence-corrected chi connectivity index (χ1v) is 7.33. The summed E-state index contributed by atoms with van der Waals surface area (Å²) in [6, 6.07) is 9.57. The zero-order valence-corrected chi connectivity index (χ0v) is 11.8. The van der Waals surface area contributed by atoms with E-state index in [4.69, 9.17) is 0 Å². The first-order chi connectivity index (χ1) is 8.81. The molecule has 0 saturated heterocycles. The standard InChI is InChI=1S/C16H26N2/c1-3-4-7-12-18(2)16-9-6-5-8-14(16)13-17-15-10-11-15/h5-6,8-9,15,17H,3-4,7,10-13H2,1-2H3. The third-order valence-electron chi connectivity index (χ3n) is 3.66. The number of benzene rings is 1. The molecule has 0 heterocycles. The van der Waals surface area contributed by atoms with Crippen molar-refractivity contribution in [2.24, 2.45) is 0 Å². The van der Waals surface area contributed by atoms with Gasteiger partial charge in [0.25, 0.3) is 0 Å². The summed E-state index contributed by atoms with van der Waals surface area (Å²) in [6.07, 6.45) is 6.62. The lowest BCUT2D eigenvalue weighted by Gasteiger charge is -2.22. The summed E-state index contributed by atoms with van der Waals surface area (Å²) in [5.41, 5.74) is 2.82. The molecule has 2 nitrogen and oxygen atoms in total. The molecule has 0 atom stereocenters. The highest BCUT2D eigenvalue weighted by atomic mass is 15.1. The van der Waals surface area contributed by atoms with E-state index in [1.807, 2.05) is 0 Å². The highest BCUT2D eigenvalue weighted by Crippen LogP contribution is 2.23. The van der Waals surface area contributed by atoms with Gasteiger partial charge in [-0.05, 0) is 30.9 Å². The molecule has 1 aliphatic carbocycles. The van der Waals surface area contributed by atoms with Crippen LogP contribution in [0.25, 0.3) is 0 Å². The monoisotopic (exact) mass is 246 g/mol. The van der Waals surface area contributed by atoms with Crippen molar-refractivity contribution in [3.8, 4) is 0 Å². The predicted octanol–water partition coefficient (Wildman–Crippen LogP) is 3.57. The van der Waals surface area contributed by atoms with Gasteiger partial charge in [0.1, 0.15) is 0 Å². The molecule has 0 aliphatic heterocycles. The van der Waals surface area contributed by atoms with Crippen molar-refractivity contribution in [3.63, 3.8) is 0 Å². The van der Waals surface area contributed by atoms with E-state index < -0.39 is 0 Å². The molecule has 0 amide bonds. The number of rotatable bonds is 8. The Balaban J connectivity index is 1.91. The molecule has 0 radical (unpaired) electrons. The molecule has 1 aromatic carbocycles. The van der Waals surface area contributed by atoms with Crippen LogP contribution in [-0.2, 0) is 6.54 Å².